The summed E-state index contributed by atoms with van der Waals surface area (Å²) in [6, 6.07) is 8.33. The first-order chi connectivity index (χ1) is 7.68. The number of hydrogen-bond acceptors (Lipinski definition) is 2. The van der Waals surface area contributed by atoms with Crippen LogP contribution in [0, 0.1) is 4.77 Å². The number of rotatable bonds is 3. The second-order valence-electron chi connectivity index (χ2n) is 3.95. The summed E-state index contributed by atoms with van der Waals surface area (Å²) >= 11 is 5.22. The zero-order valence-corrected chi connectivity index (χ0v) is 10.00. The second-order valence-corrected chi connectivity index (χ2v) is 4.33. The van der Waals surface area contributed by atoms with Crippen LogP contribution in [-0.2, 0) is 6.42 Å². The van der Waals surface area contributed by atoms with Crippen LogP contribution in [0.5, 0.6) is 0 Å². The minimum Gasteiger partial charge on any atom is -0.337 e. The van der Waals surface area contributed by atoms with E-state index in [-0.39, 0.29) is 6.04 Å². The van der Waals surface area contributed by atoms with Crippen LogP contribution in [-0.4, -0.2) is 15.6 Å². The van der Waals surface area contributed by atoms with E-state index in [1.54, 1.807) is 0 Å². The Kier molecular flexibility index (Phi) is 3.22. The van der Waals surface area contributed by atoms with Gasteiger partial charge in [0, 0.05) is 18.4 Å². The Bertz CT molecular complexity index is 525. The normalized spacial score (nSPS) is 12.6. The monoisotopic (exact) mass is 233 g/mol. The van der Waals surface area contributed by atoms with E-state index in [1.165, 1.54) is 5.56 Å². The van der Waals surface area contributed by atoms with Crippen LogP contribution in [0.1, 0.15) is 12.5 Å². The number of aromatic amines is 1. The fourth-order valence-electron chi connectivity index (χ4n) is 1.78. The van der Waals surface area contributed by atoms with Crippen LogP contribution in [0.15, 0.2) is 36.7 Å². The van der Waals surface area contributed by atoms with E-state index in [1.807, 2.05) is 36.0 Å². The van der Waals surface area contributed by atoms with Crippen LogP contribution in [0.3, 0.4) is 0 Å². The van der Waals surface area contributed by atoms with Crippen molar-refractivity contribution in [3.8, 4) is 5.69 Å². The van der Waals surface area contributed by atoms with Crippen LogP contribution < -0.4 is 5.73 Å². The van der Waals surface area contributed by atoms with Crippen LogP contribution >= 0.6 is 12.2 Å². The molecule has 2 aromatic rings. The molecule has 1 atom stereocenters. The molecule has 3 nitrogen and oxygen atoms in total. The zero-order valence-electron chi connectivity index (χ0n) is 9.18. The largest absolute Gasteiger partial charge is 0.337 e. The highest BCUT2D eigenvalue weighted by Crippen LogP contribution is 2.16. The van der Waals surface area contributed by atoms with E-state index >= 15 is 0 Å². The van der Waals surface area contributed by atoms with Crippen LogP contribution in [0.25, 0.3) is 5.69 Å². The number of benzene rings is 1. The molecule has 0 aliphatic carbocycles. The van der Waals surface area contributed by atoms with Gasteiger partial charge in [-0.2, -0.15) is 0 Å². The molecule has 4 heteroatoms. The van der Waals surface area contributed by atoms with Gasteiger partial charge in [0.25, 0.3) is 0 Å². The maximum atomic E-state index is 5.84. The molecule has 1 aromatic heterocycles. The van der Waals surface area contributed by atoms with Gasteiger partial charge in [0.2, 0.25) is 0 Å². The third-order valence-electron chi connectivity index (χ3n) is 2.44. The molecule has 0 saturated heterocycles. The Morgan fingerprint density at radius 2 is 2.19 bits per heavy atom. The second kappa shape index (κ2) is 4.63. The molecular weight excluding hydrogens is 218 g/mol. The number of H-pyrrole nitrogens is 1. The summed E-state index contributed by atoms with van der Waals surface area (Å²) in [5, 5.41) is 0. The molecule has 1 heterocycles. The lowest BCUT2D eigenvalue weighted by Crippen LogP contribution is -2.18. The molecule has 2 rings (SSSR count). The highest BCUT2D eigenvalue weighted by molar-refractivity contribution is 7.71. The molecule has 1 aromatic carbocycles. The van der Waals surface area contributed by atoms with Crippen molar-refractivity contribution in [1.82, 2.24) is 9.55 Å². The van der Waals surface area contributed by atoms with Crippen molar-refractivity contribution < 1.29 is 0 Å². The van der Waals surface area contributed by atoms with Gasteiger partial charge in [-0.25, -0.2) is 0 Å². The summed E-state index contributed by atoms with van der Waals surface area (Å²) in [5.74, 6) is 0. The third-order valence-corrected chi connectivity index (χ3v) is 2.76. The predicted molar refractivity (Wildman–Crippen MR) is 68.3 cm³/mol. The first-order valence-electron chi connectivity index (χ1n) is 5.28. The van der Waals surface area contributed by atoms with Crippen molar-refractivity contribution in [3.63, 3.8) is 0 Å². The molecular formula is C12H15N3S. The lowest BCUT2D eigenvalue weighted by atomic mass is 10.1. The minimum absolute atomic E-state index is 0.147. The number of para-hydroxylation sites is 1. The quantitative estimate of drug-likeness (QED) is 0.800. The lowest BCUT2D eigenvalue weighted by Gasteiger charge is -2.11. The smallest absolute Gasteiger partial charge is 0.181 e. The predicted octanol–water partition coefficient (Wildman–Crippen LogP) is 2.42. The van der Waals surface area contributed by atoms with Gasteiger partial charge in [-0.05, 0) is 37.2 Å². The first kappa shape index (κ1) is 11.1. The molecule has 16 heavy (non-hydrogen) atoms. The number of imidazole rings is 1. The maximum Gasteiger partial charge on any atom is 0.181 e. The van der Waals surface area contributed by atoms with Crippen LogP contribution in [0.2, 0.25) is 0 Å². The molecule has 0 bridgehead atoms. The summed E-state index contributed by atoms with van der Waals surface area (Å²) in [5.41, 5.74) is 8.16. The zero-order chi connectivity index (χ0) is 11.5. The van der Waals surface area contributed by atoms with E-state index in [9.17, 15) is 0 Å². The van der Waals surface area contributed by atoms with E-state index in [2.05, 4.69) is 17.1 Å². The average Bonchev–Trinajstić information content (AvgIpc) is 2.64. The fourth-order valence-corrected chi connectivity index (χ4v) is 2.00. The average molecular weight is 233 g/mol. The van der Waals surface area contributed by atoms with Crippen LogP contribution in [0.4, 0.5) is 0 Å². The molecule has 0 radical (unpaired) electrons. The van der Waals surface area contributed by atoms with Gasteiger partial charge in [-0.1, -0.05) is 18.2 Å². The molecule has 0 aliphatic rings. The first-order valence-corrected chi connectivity index (χ1v) is 5.69. The molecule has 1 unspecified atom stereocenters. The van der Waals surface area contributed by atoms with E-state index in [0.29, 0.717) is 4.77 Å². The molecule has 0 fully saturated rings. The lowest BCUT2D eigenvalue weighted by molar-refractivity contribution is 0.733. The van der Waals surface area contributed by atoms with Crippen molar-refractivity contribution in [3.05, 3.63) is 47.0 Å². The number of nitrogens with two attached hydrogens (primary N) is 1. The van der Waals surface area contributed by atoms with E-state index in [0.717, 1.165) is 12.1 Å². The number of nitrogens with zero attached hydrogens (tertiary/aromatic N) is 1. The Morgan fingerprint density at radius 3 is 2.81 bits per heavy atom. The molecule has 0 aliphatic heterocycles. The highest BCUT2D eigenvalue weighted by atomic mass is 32.1. The minimum atomic E-state index is 0.147. The summed E-state index contributed by atoms with van der Waals surface area (Å²) in [6.45, 7) is 2.01. The van der Waals surface area contributed by atoms with Crippen molar-refractivity contribution in [1.29, 1.82) is 0 Å². The topological polar surface area (TPSA) is 46.7 Å². The Morgan fingerprint density at radius 1 is 1.44 bits per heavy atom. The van der Waals surface area contributed by atoms with Gasteiger partial charge in [0.1, 0.15) is 0 Å². The van der Waals surface area contributed by atoms with Crippen molar-refractivity contribution in [2.24, 2.45) is 5.73 Å². The highest BCUT2D eigenvalue weighted by Gasteiger charge is 2.06. The fraction of sp³-hybridized carbons (Fsp3) is 0.250. The molecule has 0 spiro atoms. The summed E-state index contributed by atoms with van der Waals surface area (Å²) in [7, 11) is 0. The maximum absolute atomic E-state index is 5.84. The number of nitrogens with one attached hydrogen (secondary N) is 1. The Labute approximate surface area is 99.9 Å². The van der Waals surface area contributed by atoms with Crippen molar-refractivity contribution >= 4 is 12.2 Å². The molecule has 84 valence electrons. The summed E-state index contributed by atoms with van der Waals surface area (Å²) in [6.07, 6.45) is 4.62. The molecule has 0 saturated carbocycles. The van der Waals surface area contributed by atoms with Gasteiger partial charge in [0.15, 0.2) is 4.77 Å². The van der Waals surface area contributed by atoms with E-state index < -0.39 is 0 Å². The summed E-state index contributed by atoms with van der Waals surface area (Å²) in [4.78, 5) is 2.99. The van der Waals surface area contributed by atoms with Gasteiger partial charge in [0.05, 0.1) is 5.69 Å². The SMILES string of the molecule is CC(N)Cc1ccccc1-n1cc[nH]c1=S. The Hall–Kier alpha value is -1.39. The van der Waals surface area contributed by atoms with E-state index in [4.69, 9.17) is 18.0 Å². The third kappa shape index (κ3) is 2.23. The van der Waals surface area contributed by atoms with Gasteiger partial charge < -0.3 is 10.7 Å². The number of aromatic nitrogens is 2. The van der Waals surface area contributed by atoms with Gasteiger partial charge in [-0.15, -0.1) is 0 Å². The van der Waals surface area contributed by atoms with Gasteiger partial charge >= 0.3 is 0 Å². The Balaban J connectivity index is 2.49. The van der Waals surface area contributed by atoms with Crippen molar-refractivity contribution in [2.75, 3.05) is 0 Å². The number of hydrogen-bond donors (Lipinski definition) is 2. The molecule has 3 N–H and O–H groups in total. The standard InChI is InChI=1S/C12H15N3S/c1-9(13)8-10-4-2-3-5-11(10)15-7-6-14-12(15)16/h2-7,9H,8,13H2,1H3,(H,14,16). The molecule has 0 amide bonds. The van der Waals surface area contributed by atoms with Gasteiger partial charge in [-0.3, -0.25) is 4.57 Å². The summed E-state index contributed by atoms with van der Waals surface area (Å²) < 4.78 is 2.67. The van der Waals surface area contributed by atoms with Crippen molar-refractivity contribution in [2.45, 2.75) is 19.4 Å².